The lowest BCUT2D eigenvalue weighted by Crippen LogP contribution is -2.25. The van der Waals surface area contributed by atoms with Crippen molar-refractivity contribution in [1.29, 1.82) is 0 Å². The third-order valence-electron chi connectivity index (χ3n) is 3.51. The largest absolute Gasteiger partial charge is 0.337 e. The molecule has 0 aromatic heterocycles. The van der Waals surface area contributed by atoms with Crippen molar-refractivity contribution >= 4 is 22.8 Å². The summed E-state index contributed by atoms with van der Waals surface area (Å²) in [5.74, 6) is 0.154. The van der Waals surface area contributed by atoms with Gasteiger partial charge in [-0.15, -0.1) is 0 Å². The Labute approximate surface area is 118 Å². The van der Waals surface area contributed by atoms with Crippen LogP contribution in [0.25, 0.3) is 0 Å². The first-order chi connectivity index (χ1) is 8.97. The molecule has 1 aliphatic heterocycles. The Morgan fingerprint density at radius 1 is 1.37 bits per heavy atom. The van der Waals surface area contributed by atoms with Gasteiger partial charge in [0.05, 0.1) is 0 Å². The van der Waals surface area contributed by atoms with E-state index in [1.54, 1.807) is 6.92 Å². The summed E-state index contributed by atoms with van der Waals surface area (Å²) >= 11 is 1.29. The first-order valence-electron chi connectivity index (χ1n) is 6.47. The summed E-state index contributed by atoms with van der Waals surface area (Å²) in [5, 5.41) is 0.209. The monoisotopic (exact) mass is 277 g/mol. The lowest BCUT2D eigenvalue weighted by Gasteiger charge is -2.19. The molecule has 4 heteroatoms. The van der Waals surface area contributed by atoms with Gasteiger partial charge in [-0.3, -0.25) is 9.59 Å². The highest BCUT2D eigenvalue weighted by Gasteiger charge is 2.31. The first kappa shape index (κ1) is 14.1. The van der Waals surface area contributed by atoms with Gasteiger partial charge >= 0.3 is 0 Å². The molecule has 0 spiro atoms. The van der Waals surface area contributed by atoms with Gasteiger partial charge in [0.15, 0.2) is 5.12 Å². The first-order valence-corrected chi connectivity index (χ1v) is 7.35. The number of carbonyl (C=O) groups is 2. The van der Waals surface area contributed by atoms with Crippen molar-refractivity contribution in [3.63, 3.8) is 0 Å². The molecule has 2 rings (SSSR count). The zero-order chi connectivity index (χ0) is 14.0. The van der Waals surface area contributed by atoms with Crippen LogP contribution in [0.15, 0.2) is 18.2 Å². The van der Waals surface area contributed by atoms with Crippen LogP contribution in [-0.2, 0) is 16.1 Å². The highest BCUT2D eigenvalue weighted by Crippen LogP contribution is 2.26. The van der Waals surface area contributed by atoms with E-state index >= 15 is 0 Å². The Kier molecular flexibility index (Phi) is 4.30. The van der Waals surface area contributed by atoms with Crippen molar-refractivity contribution in [3.05, 3.63) is 34.9 Å². The van der Waals surface area contributed by atoms with Gasteiger partial charge in [0.1, 0.15) is 0 Å². The number of hydrogen-bond acceptors (Lipinski definition) is 3. The van der Waals surface area contributed by atoms with Crippen LogP contribution >= 0.6 is 11.8 Å². The minimum Gasteiger partial charge on any atom is -0.337 e. The lowest BCUT2D eigenvalue weighted by atomic mass is 10.0. The summed E-state index contributed by atoms with van der Waals surface area (Å²) < 4.78 is 0. The van der Waals surface area contributed by atoms with Gasteiger partial charge in [0, 0.05) is 31.7 Å². The lowest BCUT2D eigenvalue weighted by molar-refractivity contribution is -0.128. The number of hydrogen-bond donors (Lipinski definition) is 0. The van der Waals surface area contributed by atoms with E-state index in [1.165, 1.54) is 28.5 Å². The van der Waals surface area contributed by atoms with Gasteiger partial charge in [0.2, 0.25) is 5.91 Å². The highest BCUT2D eigenvalue weighted by atomic mass is 32.2. The molecule has 1 atom stereocenters. The Morgan fingerprint density at radius 2 is 2.00 bits per heavy atom. The smallest absolute Gasteiger partial charge is 0.224 e. The molecule has 0 bridgehead atoms. The molecule has 19 heavy (non-hydrogen) atoms. The molecule has 1 aromatic rings. The van der Waals surface area contributed by atoms with Crippen LogP contribution in [0.1, 0.15) is 30.0 Å². The molecule has 1 fully saturated rings. The number of benzene rings is 1. The van der Waals surface area contributed by atoms with Crippen molar-refractivity contribution in [3.8, 4) is 0 Å². The molecule has 1 saturated heterocycles. The predicted molar refractivity (Wildman–Crippen MR) is 78.0 cm³/mol. The zero-order valence-electron chi connectivity index (χ0n) is 11.6. The van der Waals surface area contributed by atoms with Crippen LogP contribution in [0.5, 0.6) is 0 Å². The molecular weight excluding hydrogens is 258 g/mol. The summed E-state index contributed by atoms with van der Waals surface area (Å²) in [4.78, 5) is 25.0. The minimum atomic E-state index is 0.0896. The molecule has 102 valence electrons. The van der Waals surface area contributed by atoms with E-state index in [4.69, 9.17) is 0 Å². The number of nitrogens with zero attached hydrogens (tertiary/aromatic N) is 1. The number of amides is 1. The average molecular weight is 277 g/mol. The van der Waals surface area contributed by atoms with Crippen molar-refractivity contribution in [2.75, 3.05) is 6.54 Å². The van der Waals surface area contributed by atoms with Crippen molar-refractivity contribution in [2.24, 2.45) is 0 Å². The zero-order valence-corrected chi connectivity index (χ0v) is 12.4. The Morgan fingerprint density at radius 3 is 2.58 bits per heavy atom. The van der Waals surface area contributed by atoms with E-state index in [0.717, 1.165) is 0 Å². The van der Waals surface area contributed by atoms with Crippen LogP contribution in [0, 0.1) is 13.8 Å². The number of rotatable bonds is 3. The molecular formula is C15H19NO2S. The maximum atomic E-state index is 12.0. The third-order valence-corrected chi connectivity index (χ3v) is 4.49. The normalized spacial score (nSPS) is 19.0. The number of aryl methyl sites for hydroxylation is 2. The van der Waals surface area contributed by atoms with E-state index in [2.05, 4.69) is 26.0 Å². The third kappa shape index (κ3) is 3.38. The fraction of sp³-hybridized carbons (Fsp3) is 0.467. The second kappa shape index (κ2) is 5.78. The van der Waals surface area contributed by atoms with Gasteiger partial charge in [-0.25, -0.2) is 0 Å². The quantitative estimate of drug-likeness (QED) is 0.852. The predicted octanol–water partition coefficient (Wildman–Crippen LogP) is 2.68. The molecule has 1 amide bonds. The van der Waals surface area contributed by atoms with E-state index in [1.807, 2.05) is 11.0 Å². The number of carbonyl (C=O) groups excluding carboxylic acids is 2. The summed E-state index contributed by atoms with van der Waals surface area (Å²) in [5.41, 5.74) is 3.66. The molecule has 3 nitrogen and oxygen atoms in total. The van der Waals surface area contributed by atoms with Crippen LogP contribution in [0.3, 0.4) is 0 Å². The van der Waals surface area contributed by atoms with Crippen LogP contribution < -0.4 is 0 Å². The average Bonchev–Trinajstić information content (AvgIpc) is 2.63. The Balaban J connectivity index is 2.08. The molecule has 0 radical (unpaired) electrons. The SMILES string of the molecule is CC(=O)SC1CC(=O)N(Cc2c(C)cccc2C)C1. The van der Waals surface area contributed by atoms with Gasteiger partial charge in [-0.1, -0.05) is 30.0 Å². The fourth-order valence-corrected chi connectivity index (χ4v) is 3.44. The van der Waals surface area contributed by atoms with Crippen LogP contribution in [0.4, 0.5) is 0 Å². The summed E-state index contributed by atoms with van der Waals surface area (Å²) in [6.07, 6.45) is 0.481. The molecule has 1 heterocycles. The van der Waals surface area contributed by atoms with E-state index in [9.17, 15) is 9.59 Å². The summed E-state index contributed by atoms with van der Waals surface area (Å²) in [7, 11) is 0. The number of likely N-dealkylation sites (tertiary alicyclic amines) is 1. The van der Waals surface area contributed by atoms with Gasteiger partial charge in [-0.2, -0.15) is 0 Å². The minimum absolute atomic E-state index is 0.0896. The van der Waals surface area contributed by atoms with Crippen molar-refractivity contribution < 1.29 is 9.59 Å². The van der Waals surface area contributed by atoms with Crippen molar-refractivity contribution in [2.45, 2.75) is 39.0 Å². The van der Waals surface area contributed by atoms with Crippen LogP contribution in [-0.4, -0.2) is 27.7 Å². The Hall–Kier alpha value is -1.29. The molecule has 1 aliphatic rings. The van der Waals surface area contributed by atoms with E-state index in [-0.39, 0.29) is 16.3 Å². The van der Waals surface area contributed by atoms with Gasteiger partial charge < -0.3 is 4.90 Å². The second-order valence-corrected chi connectivity index (χ2v) is 6.56. The Bertz CT molecular complexity index is 493. The summed E-state index contributed by atoms with van der Waals surface area (Å²) in [6, 6.07) is 6.18. The molecule has 1 aromatic carbocycles. The topological polar surface area (TPSA) is 37.4 Å². The maximum absolute atomic E-state index is 12.0. The number of thioether (sulfide) groups is 1. The van der Waals surface area contributed by atoms with E-state index in [0.29, 0.717) is 19.5 Å². The van der Waals surface area contributed by atoms with Gasteiger partial charge in [0.25, 0.3) is 0 Å². The molecule has 0 N–H and O–H groups in total. The summed E-state index contributed by atoms with van der Waals surface area (Å²) in [6.45, 7) is 7.04. The fourth-order valence-electron chi connectivity index (χ4n) is 2.49. The van der Waals surface area contributed by atoms with Gasteiger partial charge in [-0.05, 0) is 30.5 Å². The molecule has 1 unspecified atom stereocenters. The van der Waals surface area contributed by atoms with Crippen LogP contribution in [0.2, 0.25) is 0 Å². The standard InChI is InChI=1S/C15H19NO2S/c1-10-5-4-6-11(2)14(10)9-16-8-13(7-15(16)18)19-12(3)17/h4-6,13H,7-9H2,1-3H3. The van der Waals surface area contributed by atoms with Crippen molar-refractivity contribution in [1.82, 2.24) is 4.90 Å². The van der Waals surface area contributed by atoms with E-state index < -0.39 is 0 Å². The highest BCUT2D eigenvalue weighted by molar-refractivity contribution is 8.14. The molecule has 0 aliphatic carbocycles. The maximum Gasteiger partial charge on any atom is 0.224 e. The molecule has 0 saturated carbocycles. The second-order valence-electron chi connectivity index (χ2n) is 5.08.